The van der Waals surface area contributed by atoms with Crippen LogP contribution < -0.4 is 5.32 Å². The molecule has 1 fully saturated rings. The number of nitrogens with one attached hydrogen (secondary N) is 1. The maximum atomic E-state index is 4.64. The van der Waals surface area contributed by atoms with Gasteiger partial charge in [-0.15, -0.1) is 0 Å². The Morgan fingerprint density at radius 1 is 1.39 bits per heavy atom. The van der Waals surface area contributed by atoms with Gasteiger partial charge in [0.05, 0.1) is 11.0 Å². The molecule has 1 heterocycles. The molecule has 0 aliphatic heterocycles. The summed E-state index contributed by atoms with van der Waals surface area (Å²) in [6.45, 7) is 6.20. The van der Waals surface area contributed by atoms with Gasteiger partial charge in [0.2, 0.25) is 0 Å². The van der Waals surface area contributed by atoms with Gasteiger partial charge in [-0.25, -0.2) is 4.98 Å². The molecule has 1 aliphatic carbocycles. The molecule has 0 atom stereocenters. The van der Waals surface area contributed by atoms with E-state index in [0.29, 0.717) is 0 Å². The Hall–Kier alpha value is -1.35. The molecule has 18 heavy (non-hydrogen) atoms. The fourth-order valence-corrected chi connectivity index (χ4v) is 2.68. The van der Waals surface area contributed by atoms with Gasteiger partial charge in [-0.05, 0) is 44.4 Å². The molecule has 2 aromatic rings. The third kappa shape index (κ3) is 2.03. The summed E-state index contributed by atoms with van der Waals surface area (Å²) in [5, 5.41) is 3.60. The summed E-state index contributed by atoms with van der Waals surface area (Å²) in [7, 11) is 0. The fraction of sp³-hybridized carbons (Fsp3) is 0.533. The quantitative estimate of drug-likeness (QED) is 0.894. The second-order valence-corrected chi connectivity index (χ2v) is 5.24. The molecule has 0 spiro atoms. The molecule has 0 bridgehead atoms. The zero-order valence-corrected chi connectivity index (χ0v) is 11.2. The van der Waals surface area contributed by atoms with Crippen LogP contribution in [-0.4, -0.2) is 15.6 Å². The van der Waals surface area contributed by atoms with E-state index in [4.69, 9.17) is 0 Å². The van der Waals surface area contributed by atoms with Crippen molar-refractivity contribution in [2.24, 2.45) is 0 Å². The van der Waals surface area contributed by atoms with Crippen LogP contribution in [0.2, 0.25) is 0 Å². The average molecular weight is 243 g/mol. The lowest BCUT2D eigenvalue weighted by Gasteiger charge is -2.26. The Morgan fingerprint density at radius 2 is 2.22 bits per heavy atom. The van der Waals surface area contributed by atoms with E-state index in [1.807, 2.05) is 0 Å². The fourth-order valence-electron chi connectivity index (χ4n) is 2.68. The van der Waals surface area contributed by atoms with Gasteiger partial charge in [-0.1, -0.05) is 12.5 Å². The molecule has 96 valence electrons. The first-order chi connectivity index (χ1) is 8.78. The topological polar surface area (TPSA) is 29.9 Å². The highest BCUT2D eigenvalue weighted by molar-refractivity contribution is 5.76. The van der Waals surface area contributed by atoms with E-state index in [9.17, 15) is 0 Å². The van der Waals surface area contributed by atoms with Crippen molar-refractivity contribution in [2.45, 2.75) is 52.2 Å². The number of fused-ring (bicyclic) bond motifs is 1. The van der Waals surface area contributed by atoms with Crippen LogP contribution in [0.4, 0.5) is 0 Å². The lowest BCUT2D eigenvalue weighted by atomic mass is 9.93. The Kier molecular flexibility index (Phi) is 3.08. The molecule has 3 nitrogen and oxygen atoms in total. The molecule has 1 saturated carbocycles. The minimum absolute atomic E-state index is 0.746. The van der Waals surface area contributed by atoms with Crippen LogP contribution in [0.5, 0.6) is 0 Å². The molecule has 3 rings (SSSR count). The summed E-state index contributed by atoms with van der Waals surface area (Å²) in [6, 6.07) is 7.40. The lowest BCUT2D eigenvalue weighted by Crippen LogP contribution is -2.34. The SMILES string of the molecule is CCn1c(C)nc2cc(CNC3CCC3)ccc21. The Bertz CT molecular complexity index is 552. The number of aryl methyl sites for hydroxylation is 2. The van der Waals surface area contributed by atoms with Gasteiger partial charge < -0.3 is 9.88 Å². The van der Waals surface area contributed by atoms with E-state index in [0.717, 1.165) is 30.5 Å². The third-order valence-electron chi connectivity index (χ3n) is 4.02. The predicted molar refractivity (Wildman–Crippen MR) is 74.6 cm³/mol. The van der Waals surface area contributed by atoms with Crippen LogP contribution in [0.1, 0.15) is 37.6 Å². The first-order valence-corrected chi connectivity index (χ1v) is 6.97. The van der Waals surface area contributed by atoms with E-state index in [2.05, 4.69) is 46.9 Å². The van der Waals surface area contributed by atoms with Gasteiger partial charge in [-0.3, -0.25) is 0 Å². The Labute approximate surface area is 108 Å². The maximum Gasteiger partial charge on any atom is 0.106 e. The monoisotopic (exact) mass is 243 g/mol. The highest BCUT2D eigenvalue weighted by Gasteiger charge is 2.16. The number of hydrogen-bond donors (Lipinski definition) is 1. The van der Waals surface area contributed by atoms with E-state index in [1.54, 1.807) is 0 Å². The number of hydrogen-bond acceptors (Lipinski definition) is 2. The molecule has 0 radical (unpaired) electrons. The predicted octanol–water partition coefficient (Wildman–Crippen LogP) is 3.01. The van der Waals surface area contributed by atoms with Gasteiger partial charge in [0, 0.05) is 19.1 Å². The van der Waals surface area contributed by atoms with E-state index in [1.165, 1.54) is 30.3 Å². The molecule has 1 aromatic heterocycles. The number of benzene rings is 1. The van der Waals surface area contributed by atoms with E-state index < -0.39 is 0 Å². The van der Waals surface area contributed by atoms with Crippen molar-refractivity contribution in [3.8, 4) is 0 Å². The minimum atomic E-state index is 0.746. The normalized spacial score (nSPS) is 16.1. The number of nitrogens with zero attached hydrogens (tertiary/aromatic N) is 2. The summed E-state index contributed by atoms with van der Waals surface area (Å²) < 4.78 is 2.26. The second kappa shape index (κ2) is 4.73. The standard InChI is InChI=1S/C15H21N3/c1-3-18-11(2)17-14-9-12(7-8-15(14)18)10-16-13-5-4-6-13/h7-9,13,16H,3-6,10H2,1-2H3. The zero-order valence-electron chi connectivity index (χ0n) is 11.2. The van der Waals surface area contributed by atoms with E-state index in [-0.39, 0.29) is 0 Å². The summed E-state index contributed by atoms with van der Waals surface area (Å²) in [5.74, 6) is 1.11. The van der Waals surface area contributed by atoms with Crippen molar-refractivity contribution >= 4 is 11.0 Å². The van der Waals surface area contributed by atoms with Gasteiger partial charge >= 0.3 is 0 Å². The van der Waals surface area contributed by atoms with Crippen molar-refractivity contribution < 1.29 is 0 Å². The van der Waals surface area contributed by atoms with Crippen molar-refractivity contribution in [2.75, 3.05) is 0 Å². The highest BCUT2D eigenvalue weighted by atomic mass is 15.1. The zero-order chi connectivity index (χ0) is 12.5. The molecule has 3 heteroatoms. The smallest absolute Gasteiger partial charge is 0.106 e. The van der Waals surface area contributed by atoms with Crippen LogP contribution in [-0.2, 0) is 13.1 Å². The third-order valence-corrected chi connectivity index (χ3v) is 4.02. The molecule has 0 unspecified atom stereocenters. The molecule has 1 aromatic carbocycles. The van der Waals surface area contributed by atoms with Crippen molar-refractivity contribution in [1.82, 2.24) is 14.9 Å². The van der Waals surface area contributed by atoms with E-state index >= 15 is 0 Å². The Morgan fingerprint density at radius 3 is 2.89 bits per heavy atom. The van der Waals surface area contributed by atoms with Crippen LogP contribution in [0.15, 0.2) is 18.2 Å². The summed E-state index contributed by atoms with van der Waals surface area (Å²) in [5.41, 5.74) is 3.72. The average Bonchev–Trinajstić information content (AvgIpc) is 2.61. The van der Waals surface area contributed by atoms with Crippen molar-refractivity contribution in [3.63, 3.8) is 0 Å². The van der Waals surface area contributed by atoms with Gasteiger partial charge in [-0.2, -0.15) is 0 Å². The molecular formula is C15H21N3. The van der Waals surface area contributed by atoms with Crippen LogP contribution >= 0.6 is 0 Å². The van der Waals surface area contributed by atoms with Gasteiger partial charge in [0.15, 0.2) is 0 Å². The largest absolute Gasteiger partial charge is 0.329 e. The van der Waals surface area contributed by atoms with Crippen LogP contribution in [0, 0.1) is 6.92 Å². The first kappa shape index (κ1) is 11.7. The minimum Gasteiger partial charge on any atom is -0.329 e. The molecule has 0 saturated heterocycles. The summed E-state index contributed by atoms with van der Waals surface area (Å²) in [4.78, 5) is 4.64. The maximum absolute atomic E-state index is 4.64. The van der Waals surface area contributed by atoms with Gasteiger partial charge in [0.25, 0.3) is 0 Å². The van der Waals surface area contributed by atoms with Crippen molar-refractivity contribution in [1.29, 1.82) is 0 Å². The Balaban J connectivity index is 1.81. The van der Waals surface area contributed by atoms with Crippen LogP contribution in [0.25, 0.3) is 11.0 Å². The van der Waals surface area contributed by atoms with Crippen molar-refractivity contribution in [3.05, 3.63) is 29.6 Å². The van der Waals surface area contributed by atoms with Gasteiger partial charge in [0.1, 0.15) is 5.82 Å². The molecular weight excluding hydrogens is 222 g/mol. The molecule has 1 N–H and O–H groups in total. The second-order valence-electron chi connectivity index (χ2n) is 5.24. The lowest BCUT2D eigenvalue weighted by molar-refractivity contribution is 0.338. The van der Waals surface area contributed by atoms with Crippen LogP contribution in [0.3, 0.4) is 0 Å². The molecule has 1 aliphatic rings. The number of imidazole rings is 1. The summed E-state index contributed by atoms with van der Waals surface area (Å²) in [6.07, 6.45) is 4.06. The summed E-state index contributed by atoms with van der Waals surface area (Å²) >= 11 is 0. The number of aromatic nitrogens is 2. The first-order valence-electron chi connectivity index (χ1n) is 6.97. The highest BCUT2D eigenvalue weighted by Crippen LogP contribution is 2.20. The molecule has 0 amide bonds. The number of rotatable bonds is 4.